The van der Waals surface area contributed by atoms with E-state index in [2.05, 4.69) is 17.1 Å². The maximum absolute atomic E-state index is 13.1. The molecule has 5 heteroatoms. The summed E-state index contributed by atoms with van der Waals surface area (Å²) < 4.78 is 1.73. The molecule has 2 aromatic rings. The zero-order valence-corrected chi connectivity index (χ0v) is 17.1. The molecular weight excluding hydrogens is 350 g/mol. The Kier molecular flexibility index (Phi) is 5.28. The molecule has 0 radical (unpaired) electrons. The number of aromatic nitrogens is 1. The third-order valence-electron chi connectivity index (χ3n) is 6.41. The number of fused-ring (bicyclic) bond motifs is 3. The SMILES string of the molecule is CCCN1C2CCC1CC(NC(=O)c1cc3ccccc3n(C(C)C)c1=O)C2. The molecule has 1 N–H and O–H groups in total. The molecule has 2 aliphatic rings. The van der Waals surface area contributed by atoms with E-state index in [9.17, 15) is 9.59 Å². The Morgan fingerprint density at radius 3 is 2.50 bits per heavy atom. The fourth-order valence-corrected chi connectivity index (χ4v) is 5.24. The van der Waals surface area contributed by atoms with Crippen LogP contribution in [0.2, 0.25) is 0 Å². The normalized spacial score (nSPS) is 24.8. The highest BCUT2D eigenvalue weighted by Crippen LogP contribution is 2.35. The van der Waals surface area contributed by atoms with Crippen LogP contribution in [0.3, 0.4) is 0 Å². The fourth-order valence-electron chi connectivity index (χ4n) is 5.24. The van der Waals surface area contributed by atoms with Gasteiger partial charge in [0.2, 0.25) is 0 Å². The standard InChI is InChI=1S/C23H31N3O2/c1-4-11-25-18-9-10-19(25)14-17(13-18)24-22(27)20-12-16-7-5-6-8-21(16)26(15(2)3)23(20)28/h5-8,12,15,17-19H,4,9-11,13-14H2,1-3H3,(H,24,27). The molecule has 150 valence electrons. The fraction of sp³-hybridized carbons (Fsp3) is 0.565. The summed E-state index contributed by atoms with van der Waals surface area (Å²) in [5.74, 6) is -0.224. The van der Waals surface area contributed by atoms with Crippen molar-refractivity contribution < 1.29 is 4.79 Å². The summed E-state index contributed by atoms with van der Waals surface area (Å²) in [7, 11) is 0. The molecule has 28 heavy (non-hydrogen) atoms. The van der Waals surface area contributed by atoms with Crippen molar-refractivity contribution in [3.05, 3.63) is 46.2 Å². The van der Waals surface area contributed by atoms with Crippen molar-refractivity contribution in [2.75, 3.05) is 6.54 Å². The molecule has 2 unspecified atom stereocenters. The molecule has 3 heterocycles. The number of piperidine rings is 1. The summed E-state index contributed by atoms with van der Waals surface area (Å²) >= 11 is 0. The highest BCUT2D eigenvalue weighted by Gasteiger charge is 2.40. The lowest BCUT2D eigenvalue weighted by Gasteiger charge is -2.39. The highest BCUT2D eigenvalue weighted by atomic mass is 16.2. The Bertz CT molecular complexity index is 919. The molecule has 1 amide bonds. The summed E-state index contributed by atoms with van der Waals surface area (Å²) in [6, 6.07) is 10.9. The van der Waals surface area contributed by atoms with Crippen molar-refractivity contribution in [2.45, 2.75) is 77.0 Å². The number of hydrogen-bond donors (Lipinski definition) is 1. The Morgan fingerprint density at radius 1 is 1.18 bits per heavy atom. The molecule has 2 fully saturated rings. The van der Waals surface area contributed by atoms with E-state index in [0.29, 0.717) is 12.1 Å². The lowest BCUT2D eigenvalue weighted by Crippen LogP contribution is -2.51. The van der Waals surface area contributed by atoms with E-state index < -0.39 is 0 Å². The minimum absolute atomic E-state index is 0.00160. The van der Waals surface area contributed by atoms with Gasteiger partial charge in [-0.15, -0.1) is 0 Å². The van der Waals surface area contributed by atoms with Gasteiger partial charge in [0.05, 0.1) is 5.52 Å². The van der Waals surface area contributed by atoms with Gasteiger partial charge in [-0.3, -0.25) is 14.5 Å². The van der Waals surface area contributed by atoms with Crippen LogP contribution in [0.5, 0.6) is 0 Å². The van der Waals surface area contributed by atoms with Crippen molar-refractivity contribution in [1.29, 1.82) is 0 Å². The van der Waals surface area contributed by atoms with Crippen LogP contribution in [0.1, 0.15) is 69.3 Å². The van der Waals surface area contributed by atoms with Gasteiger partial charge >= 0.3 is 0 Å². The summed E-state index contributed by atoms with van der Waals surface area (Å²) in [6.45, 7) is 7.35. The number of rotatable bonds is 5. The molecule has 2 bridgehead atoms. The summed E-state index contributed by atoms with van der Waals surface area (Å²) in [5.41, 5.74) is 0.943. The third kappa shape index (κ3) is 3.37. The lowest BCUT2D eigenvalue weighted by atomic mass is 9.96. The second-order valence-electron chi connectivity index (χ2n) is 8.65. The zero-order valence-electron chi connectivity index (χ0n) is 17.1. The van der Waals surface area contributed by atoms with Crippen LogP contribution in [0, 0.1) is 0 Å². The average molecular weight is 382 g/mol. The van der Waals surface area contributed by atoms with Gasteiger partial charge in [-0.25, -0.2) is 0 Å². The molecule has 2 aliphatic heterocycles. The summed E-state index contributed by atoms with van der Waals surface area (Å²) in [5, 5.41) is 4.12. The zero-order chi connectivity index (χ0) is 19.8. The van der Waals surface area contributed by atoms with E-state index in [4.69, 9.17) is 0 Å². The number of carbonyl (C=O) groups is 1. The van der Waals surface area contributed by atoms with Crippen molar-refractivity contribution in [2.24, 2.45) is 0 Å². The largest absolute Gasteiger partial charge is 0.349 e. The first-order chi connectivity index (χ1) is 13.5. The van der Waals surface area contributed by atoms with Crippen molar-refractivity contribution in [1.82, 2.24) is 14.8 Å². The highest BCUT2D eigenvalue weighted by molar-refractivity contribution is 5.97. The molecule has 0 spiro atoms. The Hall–Kier alpha value is -2.14. The number of pyridine rings is 1. The quantitative estimate of drug-likeness (QED) is 0.859. The molecule has 0 aliphatic carbocycles. The second-order valence-corrected chi connectivity index (χ2v) is 8.65. The molecule has 1 aromatic carbocycles. The number of nitrogens with zero attached hydrogens (tertiary/aromatic N) is 2. The smallest absolute Gasteiger partial charge is 0.264 e. The number of nitrogens with one attached hydrogen (secondary N) is 1. The van der Waals surface area contributed by atoms with Crippen LogP contribution in [0.25, 0.3) is 10.9 Å². The minimum Gasteiger partial charge on any atom is -0.349 e. The molecule has 2 atom stereocenters. The predicted octanol–water partition coefficient (Wildman–Crippen LogP) is 3.72. The van der Waals surface area contributed by atoms with Gasteiger partial charge in [0, 0.05) is 24.2 Å². The minimum atomic E-state index is -0.224. The molecule has 1 aromatic heterocycles. The number of para-hydroxylation sites is 1. The Labute approximate surface area is 166 Å². The van der Waals surface area contributed by atoms with Gasteiger partial charge < -0.3 is 9.88 Å². The first-order valence-electron chi connectivity index (χ1n) is 10.7. The molecule has 4 rings (SSSR count). The molecule has 0 saturated carbocycles. The van der Waals surface area contributed by atoms with Crippen LogP contribution >= 0.6 is 0 Å². The van der Waals surface area contributed by atoms with Gasteiger partial charge in [-0.2, -0.15) is 0 Å². The van der Waals surface area contributed by atoms with Crippen molar-refractivity contribution in [3.8, 4) is 0 Å². The van der Waals surface area contributed by atoms with Crippen LogP contribution in [0.15, 0.2) is 35.1 Å². The van der Waals surface area contributed by atoms with Crippen LogP contribution in [-0.2, 0) is 0 Å². The van der Waals surface area contributed by atoms with Gasteiger partial charge in [0.15, 0.2) is 0 Å². The number of amides is 1. The second kappa shape index (κ2) is 7.70. The maximum atomic E-state index is 13.1. The van der Waals surface area contributed by atoms with Gasteiger partial charge in [0.1, 0.15) is 5.56 Å². The topological polar surface area (TPSA) is 54.3 Å². The monoisotopic (exact) mass is 381 g/mol. The Balaban J connectivity index is 1.59. The Morgan fingerprint density at radius 2 is 1.86 bits per heavy atom. The van der Waals surface area contributed by atoms with E-state index in [1.807, 2.05) is 38.1 Å². The van der Waals surface area contributed by atoms with E-state index in [1.165, 1.54) is 19.3 Å². The van der Waals surface area contributed by atoms with Crippen LogP contribution in [0.4, 0.5) is 0 Å². The van der Waals surface area contributed by atoms with Gasteiger partial charge in [-0.1, -0.05) is 25.1 Å². The van der Waals surface area contributed by atoms with Crippen molar-refractivity contribution >= 4 is 16.8 Å². The van der Waals surface area contributed by atoms with Gasteiger partial charge in [-0.05, 0) is 70.0 Å². The van der Waals surface area contributed by atoms with E-state index in [1.54, 1.807) is 10.6 Å². The first-order valence-corrected chi connectivity index (χ1v) is 10.7. The average Bonchev–Trinajstić information content (AvgIpc) is 2.90. The van der Waals surface area contributed by atoms with Crippen LogP contribution < -0.4 is 10.9 Å². The third-order valence-corrected chi connectivity index (χ3v) is 6.41. The maximum Gasteiger partial charge on any atom is 0.264 e. The first kappa shape index (κ1) is 19.2. The molecular formula is C23H31N3O2. The summed E-state index contributed by atoms with van der Waals surface area (Å²) in [4.78, 5) is 28.8. The molecule has 2 saturated heterocycles. The van der Waals surface area contributed by atoms with Gasteiger partial charge in [0.25, 0.3) is 11.5 Å². The van der Waals surface area contributed by atoms with Crippen molar-refractivity contribution in [3.63, 3.8) is 0 Å². The van der Waals surface area contributed by atoms with E-state index in [0.717, 1.165) is 30.3 Å². The van der Waals surface area contributed by atoms with E-state index >= 15 is 0 Å². The number of benzene rings is 1. The van der Waals surface area contributed by atoms with Crippen LogP contribution in [-0.4, -0.2) is 40.0 Å². The summed E-state index contributed by atoms with van der Waals surface area (Å²) in [6.07, 6.45) is 5.62. The number of hydrogen-bond acceptors (Lipinski definition) is 3. The lowest BCUT2D eigenvalue weighted by molar-refractivity contribution is 0.0844. The number of carbonyl (C=O) groups excluding carboxylic acids is 1. The molecule has 5 nitrogen and oxygen atoms in total. The van der Waals surface area contributed by atoms with E-state index in [-0.39, 0.29) is 29.1 Å². The predicted molar refractivity (Wildman–Crippen MR) is 113 cm³/mol.